The quantitative estimate of drug-likeness (QED) is 0.707. The fraction of sp³-hybridized carbons (Fsp3) is 0.200. The second kappa shape index (κ2) is 6.73. The maximum atomic E-state index is 12.6. The van der Waals surface area contributed by atoms with E-state index in [2.05, 4.69) is 21.6 Å². The number of aromatic nitrogens is 2. The van der Waals surface area contributed by atoms with Gasteiger partial charge in [-0.05, 0) is 61.1 Å². The van der Waals surface area contributed by atoms with Crippen LogP contribution in [0.2, 0.25) is 5.02 Å². The molecular weight excluding hydrogens is 334 g/mol. The van der Waals surface area contributed by atoms with Crippen LogP contribution in [0.3, 0.4) is 0 Å². The molecule has 2 aromatic carbocycles. The molecule has 0 fully saturated rings. The second-order valence-corrected chi connectivity index (χ2v) is 6.72. The fourth-order valence-electron chi connectivity index (χ4n) is 3.32. The lowest BCUT2D eigenvalue weighted by atomic mass is 9.90. The lowest BCUT2D eigenvalue weighted by Gasteiger charge is -2.19. The van der Waals surface area contributed by atoms with Crippen molar-refractivity contribution in [3.8, 4) is 11.3 Å². The lowest BCUT2D eigenvalue weighted by molar-refractivity contribution is 0.102. The van der Waals surface area contributed by atoms with Gasteiger partial charge in [0.1, 0.15) is 5.69 Å². The van der Waals surface area contributed by atoms with E-state index in [1.54, 1.807) is 6.07 Å². The molecule has 2 N–H and O–H groups in total. The first-order valence-electron chi connectivity index (χ1n) is 8.44. The third kappa shape index (κ3) is 3.30. The van der Waals surface area contributed by atoms with Gasteiger partial charge in [-0.2, -0.15) is 5.10 Å². The number of fused-ring (bicyclic) bond motifs is 1. The number of hydrogen-bond donors (Lipinski definition) is 2. The van der Waals surface area contributed by atoms with E-state index >= 15 is 0 Å². The van der Waals surface area contributed by atoms with Crippen LogP contribution < -0.4 is 5.32 Å². The first-order chi connectivity index (χ1) is 12.2. The van der Waals surface area contributed by atoms with Crippen LogP contribution in [0.5, 0.6) is 0 Å². The zero-order valence-corrected chi connectivity index (χ0v) is 14.4. The summed E-state index contributed by atoms with van der Waals surface area (Å²) < 4.78 is 0. The molecule has 1 amide bonds. The van der Waals surface area contributed by atoms with Crippen molar-refractivity contribution in [2.24, 2.45) is 0 Å². The molecule has 0 radical (unpaired) electrons. The van der Waals surface area contributed by atoms with Gasteiger partial charge in [0.25, 0.3) is 5.91 Å². The maximum Gasteiger partial charge on any atom is 0.273 e. The standard InChI is InChI=1S/C20H18ClN3O/c21-15-8-3-7-14(11-15)18-12-19(24-23-18)20(25)22-17-10-4-6-13-5-1-2-9-16(13)17/h3-4,6-8,10-12H,1-2,5,9H2,(H,22,25)(H,23,24). The molecule has 0 saturated heterocycles. The zero-order valence-electron chi connectivity index (χ0n) is 13.7. The van der Waals surface area contributed by atoms with Crippen molar-refractivity contribution in [1.29, 1.82) is 0 Å². The van der Waals surface area contributed by atoms with Gasteiger partial charge in [-0.3, -0.25) is 9.89 Å². The minimum absolute atomic E-state index is 0.181. The smallest absolute Gasteiger partial charge is 0.273 e. The highest BCUT2D eigenvalue weighted by atomic mass is 35.5. The van der Waals surface area contributed by atoms with Crippen molar-refractivity contribution in [3.05, 3.63) is 70.4 Å². The molecule has 126 valence electrons. The van der Waals surface area contributed by atoms with Gasteiger partial charge in [-0.1, -0.05) is 35.9 Å². The molecule has 4 nitrogen and oxygen atoms in total. The van der Waals surface area contributed by atoms with E-state index in [0.29, 0.717) is 16.4 Å². The number of anilines is 1. The Bertz CT molecular complexity index is 932. The predicted octanol–water partition coefficient (Wildman–Crippen LogP) is 4.86. The summed E-state index contributed by atoms with van der Waals surface area (Å²) in [7, 11) is 0. The molecule has 0 spiro atoms. The van der Waals surface area contributed by atoms with Crippen molar-refractivity contribution in [2.45, 2.75) is 25.7 Å². The van der Waals surface area contributed by atoms with Gasteiger partial charge in [0, 0.05) is 16.3 Å². The van der Waals surface area contributed by atoms with Crippen LogP contribution in [0.25, 0.3) is 11.3 Å². The summed E-state index contributed by atoms with van der Waals surface area (Å²) in [6, 6.07) is 15.3. The first-order valence-corrected chi connectivity index (χ1v) is 8.82. The monoisotopic (exact) mass is 351 g/mol. The average molecular weight is 352 g/mol. The summed E-state index contributed by atoms with van der Waals surface area (Å²) in [4.78, 5) is 12.6. The highest BCUT2D eigenvalue weighted by molar-refractivity contribution is 6.30. The van der Waals surface area contributed by atoms with E-state index in [4.69, 9.17) is 11.6 Å². The molecule has 0 aliphatic heterocycles. The molecule has 0 atom stereocenters. The Morgan fingerprint density at radius 2 is 1.92 bits per heavy atom. The number of nitrogens with zero attached hydrogens (tertiary/aromatic N) is 1. The summed E-state index contributed by atoms with van der Waals surface area (Å²) in [6.07, 6.45) is 4.49. The van der Waals surface area contributed by atoms with E-state index in [0.717, 1.165) is 24.1 Å². The number of carbonyl (C=O) groups is 1. The number of aryl methyl sites for hydroxylation is 1. The molecule has 1 aliphatic carbocycles. The highest BCUT2D eigenvalue weighted by Crippen LogP contribution is 2.28. The third-order valence-corrected chi connectivity index (χ3v) is 4.82. The van der Waals surface area contributed by atoms with Gasteiger partial charge in [-0.25, -0.2) is 0 Å². The van der Waals surface area contributed by atoms with Crippen LogP contribution in [0, 0.1) is 0 Å². The van der Waals surface area contributed by atoms with E-state index in [-0.39, 0.29) is 5.91 Å². The van der Waals surface area contributed by atoms with Crippen molar-refractivity contribution in [1.82, 2.24) is 10.2 Å². The number of hydrogen-bond acceptors (Lipinski definition) is 2. The number of halogens is 1. The minimum Gasteiger partial charge on any atom is -0.320 e. The summed E-state index contributed by atoms with van der Waals surface area (Å²) >= 11 is 6.02. The van der Waals surface area contributed by atoms with Gasteiger partial charge < -0.3 is 5.32 Å². The summed E-state index contributed by atoms with van der Waals surface area (Å²) in [6.45, 7) is 0. The van der Waals surface area contributed by atoms with Gasteiger partial charge in [-0.15, -0.1) is 0 Å². The molecule has 0 unspecified atom stereocenters. The van der Waals surface area contributed by atoms with Crippen molar-refractivity contribution < 1.29 is 4.79 Å². The van der Waals surface area contributed by atoms with Crippen LogP contribution in [-0.4, -0.2) is 16.1 Å². The van der Waals surface area contributed by atoms with Crippen LogP contribution in [-0.2, 0) is 12.8 Å². The van der Waals surface area contributed by atoms with Crippen LogP contribution in [0.4, 0.5) is 5.69 Å². The summed E-state index contributed by atoms with van der Waals surface area (Å²) in [5, 5.41) is 10.7. The molecule has 1 aromatic heterocycles. The Kier molecular flexibility index (Phi) is 4.28. The van der Waals surface area contributed by atoms with Crippen LogP contribution >= 0.6 is 11.6 Å². The van der Waals surface area contributed by atoms with Gasteiger partial charge >= 0.3 is 0 Å². The maximum absolute atomic E-state index is 12.6. The van der Waals surface area contributed by atoms with Crippen molar-refractivity contribution in [2.75, 3.05) is 5.32 Å². The molecule has 1 aliphatic rings. The van der Waals surface area contributed by atoms with E-state index in [1.807, 2.05) is 36.4 Å². The van der Waals surface area contributed by atoms with Crippen LogP contribution in [0.15, 0.2) is 48.5 Å². The van der Waals surface area contributed by atoms with E-state index in [9.17, 15) is 4.79 Å². The second-order valence-electron chi connectivity index (χ2n) is 6.28. The topological polar surface area (TPSA) is 57.8 Å². The number of aromatic amines is 1. The first kappa shape index (κ1) is 15.9. The number of rotatable bonds is 3. The zero-order chi connectivity index (χ0) is 17.2. The summed E-state index contributed by atoms with van der Waals surface area (Å²) in [5.74, 6) is -0.181. The summed E-state index contributed by atoms with van der Waals surface area (Å²) in [5.41, 5.74) is 5.51. The molecule has 1 heterocycles. The number of nitrogens with one attached hydrogen (secondary N) is 2. The average Bonchev–Trinajstić information content (AvgIpc) is 3.12. The Balaban J connectivity index is 1.57. The fourth-order valence-corrected chi connectivity index (χ4v) is 3.51. The van der Waals surface area contributed by atoms with E-state index in [1.165, 1.54) is 24.0 Å². The number of benzene rings is 2. The Hall–Kier alpha value is -2.59. The molecular formula is C20H18ClN3O. The largest absolute Gasteiger partial charge is 0.320 e. The Morgan fingerprint density at radius 1 is 1.08 bits per heavy atom. The van der Waals surface area contributed by atoms with E-state index < -0.39 is 0 Å². The van der Waals surface area contributed by atoms with Gasteiger partial charge in [0.05, 0.1) is 5.69 Å². The van der Waals surface area contributed by atoms with Gasteiger partial charge in [0.15, 0.2) is 0 Å². The minimum atomic E-state index is -0.181. The van der Waals surface area contributed by atoms with Crippen LogP contribution in [0.1, 0.15) is 34.5 Å². The Labute approximate surface area is 151 Å². The van der Waals surface area contributed by atoms with Gasteiger partial charge in [0.2, 0.25) is 0 Å². The number of H-pyrrole nitrogens is 1. The SMILES string of the molecule is O=C(Nc1cccc2c1CCCC2)c1cc(-c2cccc(Cl)c2)n[nH]1. The molecule has 5 heteroatoms. The molecule has 25 heavy (non-hydrogen) atoms. The lowest BCUT2D eigenvalue weighted by Crippen LogP contribution is -2.15. The number of amides is 1. The van der Waals surface area contributed by atoms with Crippen molar-refractivity contribution in [3.63, 3.8) is 0 Å². The highest BCUT2D eigenvalue weighted by Gasteiger charge is 2.16. The third-order valence-electron chi connectivity index (χ3n) is 4.59. The number of carbonyl (C=O) groups excluding carboxylic acids is 1. The molecule has 3 aromatic rings. The normalized spacial score (nSPS) is 13.3. The Morgan fingerprint density at radius 3 is 2.80 bits per heavy atom. The molecule has 0 bridgehead atoms. The molecule has 4 rings (SSSR count). The van der Waals surface area contributed by atoms with Crippen molar-refractivity contribution >= 4 is 23.2 Å². The predicted molar refractivity (Wildman–Crippen MR) is 100 cm³/mol. The molecule has 0 saturated carbocycles.